The molecule has 2 heterocycles. The van der Waals surface area contributed by atoms with Crippen molar-refractivity contribution >= 4 is 33.3 Å². The molecule has 0 unspecified atom stereocenters. The molecule has 7 heteroatoms. The molecule has 2 aromatic carbocycles. The summed E-state index contributed by atoms with van der Waals surface area (Å²) in [5.74, 6) is 1.01. The maximum atomic E-state index is 12.5. The number of amides is 1. The fourth-order valence-electron chi connectivity index (χ4n) is 3.08. The van der Waals surface area contributed by atoms with Gasteiger partial charge < -0.3 is 9.32 Å². The lowest BCUT2D eigenvalue weighted by Crippen LogP contribution is -2.20. The van der Waals surface area contributed by atoms with Crippen LogP contribution in [-0.4, -0.2) is 21.4 Å². The molecule has 6 nitrogen and oxygen atoms in total. The van der Waals surface area contributed by atoms with Crippen LogP contribution in [0.3, 0.4) is 0 Å². The van der Waals surface area contributed by atoms with Gasteiger partial charge in [0, 0.05) is 18.2 Å². The standard InChI is InChI=1S/C20H16N2O4S/c1-22-18-5-3-2-4-16(18)17(20(22)23)12-14-8-11-19(26-14)13-6-9-15(10-7-13)27(21,24)25/h2-12H,1H3,(H2,21,24,25). The smallest absolute Gasteiger partial charge is 0.258 e. The van der Waals surface area contributed by atoms with E-state index in [1.54, 1.807) is 42.3 Å². The van der Waals surface area contributed by atoms with E-state index in [0.29, 0.717) is 22.7 Å². The van der Waals surface area contributed by atoms with Crippen LogP contribution in [0.2, 0.25) is 0 Å². The first-order valence-electron chi connectivity index (χ1n) is 8.17. The first-order chi connectivity index (χ1) is 12.8. The second-order valence-corrected chi connectivity index (χ2v) is 7.77. The van der Waals surface area contributed by atoms with Crippen LogP contribution < -0.4 is 10.0 Å². The molecule has 0 bridgehead atoms. The number of likely N-dealkylation sites (N-methyl/N-ethyl adjacent to an activating group) is 1. The molecule has 0 atom stereocenters. The molecule has 1 amide bonds. The monoisotopic (exact) mass is 380 g/mol. The van der Waals surface area contributed by atoms with Crippen LogP contribution in [0, 0.1) is 0 Å². The van der Waals surface area contributed by atoms with Crippen molar-refractivity contribution in [1.82, 2.24) is 0 Å². The molecule has 2 N–H and O–H groups in total. The number of rotatable bonds is 3. The Kier molecular flexibility index (Phi) is 3.98. The van der Waals surface area contributed by atoms with E-state index >= 15 is 0 Å². The van der Waals surface area contributed by atoms with E-state index in [-0.39, 0.29) is 10.8 Å². The molecule has 1 aliphatic heterocycles. The Morgan fingerprint density at radius 1 is 1.00 bits per heavy atom. The van der Waals surface area contributed by atoms with E-state index in [2.05, 4.69) is 0 Å². The van der Waals surface area contributed by atoms with Crippen LogP contribution in [0.25, 0.3) is 23.0 Å². The Balaban J connectivity index is 1.68. The summed E-state index contributed by atoms with van der Waals surface area (Å²) in [7, 11) is -2.00. The first-order valence-corrected chi connectivity index (χ1v) is 9.71. The number of benzene rings is 2. The zero-order valence-electron chi connectivity index (χ0n) is 14.4. The summed E-state index contributed by atoms with van der Waals surface area (Å²) in [4.78, 5) is 14.2. The van der Waals surface area contributed by atoms with Crippen LogP contribution in [0.4, 0.5) is 5.69 Å². The molecule has 27 heavy (non-hydrogen) atoms. The number of nitrogens with two attached hydrogens (primary N) is 1. The number of nitrogens with zero attached hydrogens (tertiary/aromatic N) is 1. The zero-order valence-corrected chi connectivity index (χ0v) is 15.2. The summed E-state index contributed by atoms with van der Waals surface area (Å²) >= 11 is 0. The molecule has 0 saturated heterocycles. The SMILES string of the molecule is CN1C(=O)C(=Cc2ccc(-c3ccc(S(N)(=O)=O)cc3)o2)c2ccccc21. The molecule has 1 aromatic heterocycles. The van der Waals surface area contributed by atoms with Gasteiger partial charge in [0.05, 0.1) is 16.2 Å². The Morgan fingerprint density at radius 2 is 1.70 bits per heavy atom. The zero-order chi connectivity index (χ0) is 19.2. The summed E-state index contributed by atoms with van der Waals surface area (Å²) in [5, 5.41) is 5.11. The maximum Gasteiger partial charge on any atom is 0.258 e. The highest BCUT2D eigenvalue weighted by Gasteiger charge is 2.29. The average molecular weight is 380 g/mol. The topological polar surface area (TPSA) is 93.6 Å². The predicted molar refractivity (Wildman–Crippen MR) is 103 cm³/mol. The molecule has 0 radical (unpaired) electrons. The van der Waals surface area contributed by atoms with Crippen LogP contribution >= 0.6 is 0 Å². The minimum absolute atomic E-state index is 0.0383. The van der Waals surface area contributed by atoms with Crippen LogP contribution in [0.5, 0.6) is 0 Å². The van der Waals surface area contributed by atoms with Crippen LogP contribution in [-0.2, 0) is 14.8 Å². The molecule has 0 saturated carbocycles. The molecule has 0 spiro atoms. The Hall–Kier alpha value is -3.16. The van der Waals surface area contributed by atoms with Gasteiger partial charge in [0.2, 0.25) is 10.0 Å². The third-order valence-corrected chi connectivity index (χ3v) is 5.40. The highest BCUT2D eigenvalue weighted by Crippen LogP contribution is 2.37. The van der Waals surface area contributed by atoms with Crippen molar-refractivity contribution in [2.75, 3.05) is 11.9 Å². The third kappa shape index (κ3) is 3.07. The van der Waals surface area contributed by atoms with Crippen molar-refractivity contribution < 1.29 is 17.6 Å². The molecule has 136 valence electrons. The molecule has 1 aliphatic rings. The predicted octanol–water partition coefficient (Wildman–Crippen LogP) is 3.11. The Morgan fingerprint density at radius 3 is 2.41 bits per heavy atom. The van der Waals surface area contributed by atoms with Gasteiger partial charge in [-0.3, -0.25) is 4.79 Å². The number of para-hydroxylation sites is 1. The molecule has 4 rings (SSSR count). The fraction of sp³-hybridized carbons (Fsp3) is 0.0500. The lowest BCUT2D eigenvalue weighted by atomic mass is 10.1. The summed E-state index contributed by atoms with van der Waals surface area (Å²) in [6.45, 7) is 0. The summed E-state index contributed by atoms with van der Waals surface area (Å²) < 4.78 is 28.5. The van der Waals surface area contributed by atoms with Gasteiger partial charge in [0.25, 0.3) is 5.91 Å². The number of furan rings is 1. The summed E-state index contributed by atoms with van der Waals surface area (Å²) in [6.07, 6.45) is 1.72. The first kappa shape index (κ1) is 17.3. The third-order valence-electron chi connectivity index (χ3n) is 4.47. The van der Waals surface area contributed by atoms with E-state index < -0.39 is 10.0 Å². The highest BCUT2D eigenvalue weighted by atomic mass is 32.2. The normalized spacial score (nSPS) is 15.4. The number of primary sulfonamides is 1. The molecular formula is C20H16N2O4S. The van der Waals surface area contributed by atoms with Gasteiger partial charge in [-0.15, -0.1) is 0 Å². The second kappa shape index (κ2) is 6.22. The quantitative estimate of drug-likeness (QED) is 0.707. The molecular weight excluding hydrogens is 364 g/mol. The van der Waals surface area contributed by atoms with Gasteiger partial charge in [-0.25, -0.2) is 13.6 Å². The maximum absolute atomic E-state index is 12.5. The highest BCUT2D eigenvalue weighted by molar-refractivity contribution is 7.89. The number of hydrogen-bond donors (Lipinski definition) is 1. The number of carbonyl (C=O) groups is 1. The van der Waals surface area contributed by atoms with Crippen molar-refractivity contribution in [1.29, 1.82) is 0 Å². The van der Waals surface area contributed by atoms with Gasteiger partial charge in [-0.1, -0.05) is 18.2 Å². The lowest BCUT2D eigenvalue weighted by molar-refractivity contribution is -0.112. The Bertz CT molecular complexity index is 1170. The number of fused-ring (bicyclic) bond motifs is 1. The lowest BCUT2D eigenvalue weighted by Gasteiger charge is -2.07. The van der Waals surface area contributed by atoms with E-state index in [4.69, 9.17) is 9.56 Å². The summed E-state index contributed by atoms with van der Waals surface area (Å²) in [6, 6.07) is 17.2. The average Bonchev–Trinajstić information content (AvgIpc) is 3.21. The van der Waals surface area contributed by atoms with Gasteiger partial charge in [-0.05, 0) is 48.5 Å². The minimum atomic E-state index is -3.73. The Labute approximate surface area is 156 Å². The van der Waals surface area contributed by atoms with Crippen molar-refractivity contribution in [2.24, 2.45) is 5.14 Å². The fourth-order valence-corrected chi connectivity index (χ4v) is 3.59. The van der Waals surface area contributed by atoms with Crippen LogP contribution in [0.15, 0.2) is 70.0 Å². The number of hydrogen-bond acceptors (Lipinski definition) is 4. The van der Waals surface area contributed by atoms with E-state index in [1.807, 2.05) is 24.3 Å². The number of anilines is 1. The van der Waals surface area contributed by atoms with Crippen molar-refractivity contribution in [2.45, 2.75) is 4.90 Å². The van der Waals surface area contributed by atoms with Gasteiger partial charge >= 0.3 is 0 Å². The number of carbonyl (C=O) groups excluding carboxylic acids is 1. The molecule has 3 aromatic rings. The molecule has 0 aliphatic carbocycles. The number of sulfonamides is 1. The summed E-state index contributed by atoms with van der Waals surface area (Å²) in [5.41, 5.74) is 3.00. The van der Waals surface area contributed by atoms with Gasteiger partial charge in [0.1, 0.15) is 11.5 Å². The minimum Gasteiger partial charge on any atom is -0.457 e. The van der Waals surface area contributed by atoms with Gasteiger partial charge in [-0.2, -0.15) is 0 Å². The van der Waals surface area contributed by atoms with Gasteiger partial charge in [0.15, 0.2) is 0 Å². The van der Waals surface area contributed by atoms with E-state index in [9.17, 15) is 13.2 Å². The van der Waals surface area contributed by atoms with Crippen molar-refractivity contribution in [3.63, 3.8) is 0 Å². The van der Waals surface area contributed by atoms with E-state index in [0.717, 1.165) is 11.3 Å². The molecule has 0 fully saturated rings. The van der Waals surface area contributed by atoms with E-state index in [1.165, 1.54) is 12.1 Å². The largest absolute Gasteiger partial charge is 0.457 e. The van der Waals surface area contributed by atoms with Crippen LogP contribution in [0.1, 0.15) is 11.3 Å². The van der Waals surface area contributed by atoms with Crippen molar-refractivity contribution in [3.8, 4) is 11.3 Å². The van der Waals surface area contributed by atoms with Crippen molar-refractivity contribution in [3.05, 3.63) is 72.0 Å². The second-order valence-electron chi connectivity index (χ2n) is 6.21.